The standard InChI is InChI=1S/C16H31N3O/c1-3-18-9-6-15(7-10-18)11-17-16(20)13-19-8-4-5-14(2)12-19/h14-15H,3-13H2,1-2H3,(H,17,20). The van der Waals surface area contributed by atoms with Gasteiger partial charge in [-0.15, -0.1) is 0 Å². The molecule has 20 heavy (non-hydrogen) atoms. The maximum absolute atomic E-state index is 12.0. The zero-order valence-electron chi connectivity index (χ0n) is 13.2. The molecule has 2 fully saturated rings. The fourth-order valence-corrected chi connectivity index (χ4v) is 3.45. The Bertz CT molecular complexity index is 300. The molecule has 0 bridgehead atoms. The van der Waals surface area contributed by atoms with Crippen molar-refractivity contribution in [3.8, 4) is 0 Å². The maximum Gasteiger partial charge on any atom is 0.234 e. The van der Waals surface area contributed by atoms with Gasteiger partial charge in [0.2, 0.25) is 5.91 Å². The number of nitrogens with one attached hydrogen (secondary N) is 1. The average Bonchev–Trinajstić information content (AvgIpc) is 2.46. The molecule has 0 saturated carbocycles. The highest BCUT2D eigenvalue weighted by molar-refractivity contribution is 5.78. The third-order valence-electron chi connectivity index (χ3n) is 4.85. The van der Waals surface area contributed by atoms with E-state index in [1.807, 2.05) is 0 Å². The van der Waals surface area contributed by atoms with E-state index in [0.717, 1.165) is 32.1 Å². The molecule has 2 aliphatic heterocycles. The molecule has 1 amide bonds. The number of piperidine rings is 2. The highest BCUT2D eigenvalue weighted by atomic mass is 16.2. The van der Waals surface area contributed by atoms with Crippen LogP contribution in [0.4, 0.5) is 0 Å². The molecule has 1 unspecified atom stereocenters. The van der Waals surface area contributed by atoms with Gasteiger partial charge >= 0.3 is 0 Å². The van der Waals surface area contributed by atoms with Gasteiger partial charge < -0.3 is 10.2 Å². The lowest BCUT2D eigenvalue weighted by molar-refractivity contribution is -0.122. The Balaban J connectivity index is 1.60. The second-order valence-corrected chi connectivity index (χ2v) is 6.66. The van der Waals surface area contributed by atoms with Crippen LogP contribution in [0.5, 0.6) is 0 Å². The number of nitrogens with zero attached hydrogens (tertiary/aromatic N) is 2. The molecule has 0 aliphatic carbocycles. The van der Waals surface area contributed by atoms with Crippen LogP contribution in [0, 0.1) is 11.8 Å². The first-order chi connectivity index (χ1) is 9.67. The smallest absolute Gasteiger partial charge is 0.234 e. The van der Waals surface area contributed by atoms with Crippen molar-refractivity contribution in [1.82, 2.24) is 15.1 Å². The van der Waals surface area contributed by atoms with E-state index in [1.165, 1.54) is 38.8 Å². The molecule has 116 valence electrons. The summed E-state index contributed by atoms with van der Waals surface area (Å²) in [7, 11) is 0. The summed E-state index contributed by atoms with van der Waals surface area (Å²) >= 11 is 0. The van der Waals surface area contributed by atoms with Crippen LogP contribution < -0.4 is 5.32 Å². The quantitative estimate of drug-likeness (QED) is 0.831. The molecule has 0 aromatic rings. The van der Waals surface area contributed by atoms with E-state index >= 15 is 0 Å². The van der Waals surface area contributed by atoms with E-state index in [4.69, 9.17) is 0 Å². The van der Waals surface area contributed by atoms with E-state index in [1.54, 1.807) is 0 Å². The normalized spacial score (nSPS) is 26.6. The van der Waals surface area contributed by atoms with Crippen LogP contribution in [-0.4, -0.2) is 61.5 Å². The van der Waals surface area contributed by atoms with Crippen LogP contribution in [0.2, 0.25) is 0 Å². The van der Waals surface area contributed by atoms with Gasteiger partial charge in [0.05, 0.1) is 6.54 Å². The van der Waals surface area contributed by atoms with Crippen molar-refractivity contribution in [2.24, 2.45) is 11.8 Å². The highest BCUT2D eigenvalue weighted by Crippen LogP contribution is 2.16. The molecule has 0 spiro atoms. The van der Waals surface area contributed by atoms with Gasteiger partial charge in [-0.05, 0) is 63.7 Å². The minimum atomic E-state index is 0.219. The van der Waals surface area contributed by atoms with E-state index in [0.29, 0.717) is 12.5 Å². The fraction of sp³-hybridized carbons (Fsp3) is 0.938. The molecule has 2 saturated heterocycles. The van der Waals surface area contributed by atoms with Gasteiger partial charge in [0.25, 0.3) is 0 Å². The SMILES string of the molecule is CCN1CCC(CNC(=O)CN2CCCC(C)C2)CC1. The van der Waals surface area contributed by atoms with Crippen LogP contribution in [0.1, 0.15) is 39.5 Å². The minimum Gasteiger partial charge on any atom is -0.355 e. The van der Waals surface area contributed by atoms with Crippen molar-refractivity contribution in [1.29, 1.82) is 0 Å². The summed E-state index contributed by atoms with van der Waals surface area (Å²) in [5.41, 5.74) is 0. The van der Waals surface area contributed by atoms with Crippen molar-refractivity contribution < 1.29 is 4.79 Å². The molecule has 2 rings (SSSR count). The summed E-state index contributed by atoms with van der Waals surface area (Å²) in [5, 5.41) is 3.15. The highest BCUT2D eigenvalue weighted by Gasteiger charge is 2.21. The van der Waals surface area contributed by atoms with E-state index in [2.05, 4.69) is 29.0 Å². The Morgan fingerprint density at radius 1 is 1.15 bits per heavy atom. The first-order valence-electron chi connectivity index (χ1n) is 8.38. The monoisotopic (exact) mass is 281 g/mol. The Morgan fingerprint density at radius 3 is 2.55 bits per heavy atom. The molecule has 0 aromatic carbocycles. The first kappa shape index (κ1) is 15.8. The molecule has 4 heteroatoms. The van der Waals surface area contributed by atoms with Gasteiger partial charge in [0.1, 0.15) is 0 Å². The van der Waals surface area contributed by atoms with Crippen LogP contribution in [0.15, 0.2) is 0 Å². The molecule has 4 nitrogen and oxygen atoms in total. The minimum absolute atomic E-state index is 0.219. The number of carbonyl (C=O) groups is 1. The number of carbonyl (C=O) groups excluding carboxylic acids is 1. The van der Waals surface area contributed by atoms with Gasteiger partial charge in [-0.2, -0.15) is 0 Å². The lowest BCUT2D eigenvalue weighted by atomic mass is 9.97. The van der Waals surface area contributed by atoms with Gasteiger partial charge in [0.15, 0.2) is 0 Å². The number of hydrogen-bond donors (Lipinski definition) is 1. The molecule has 1 atom stereocenters. The summed E-state index contributed by atoms with van der Waals surface area (Å²) in [5.74, 6) is 1.65. The second-order valence-electron chi connectivity index (χ2n) is 6.66. The third-order valence-corrected chi connectivity index (χ3v) is 4.85. The van der Waals surface area contributed by atoms with E-state index < -0.39 is 0 Å². The molecular weight excluding hydrogens is 250 g/mol. The van der Waals surface area contributed by atoms with Crippen molar-refractivity contribution in [2.75, 3.05) is 45.8 Å². The van der Waals surface area contributed by atoms with E-state index in [9.17, 15) is 4.79 Å². The second kappa shape index (κ2) is 7.99. The summed E-state index contributed by atoms with van der Waals surface area (Å²) in [6.07, 6.45) is 5.02. The zero-order valence-corrected chi connectivity index (χ0v) is 13.2. The van der Waals surface area contributed by atoms with Crippen molar-refractivity contribution in [3.63, 3.8) is 0 Å². The summed E-state index contributed by atoms with van der Waals surface area (Å²) in [6, 6.07) is 0. The van der Waals surface area contributed by atoms with Gasteiger partial charge in [-0.25, -0.2) is 0 Å². The number of likely N-dealkylation sites (tertiary alicyclic amines) is 2. The Morgan fingerprint density at radius 2 is 1.90 bits per heavy atom. The Hall–Kier alpha value is -0.610. The first-order valence-corrected chi connectivity index (χ1v) is 8.38. The summed E-state index contributed by atoms with van der Waals surface area (Å²) in [4.78, 5) is 16.8. The maximum atomic E-state index is 12.0. The van der Waals surface area contributed by atoms with Crippen LogP contribution in [0.3, 0.4) is 0 Å². The molecule has 1 N–H and O–H groups in total. The van der Waals surface area contributed by atoms with Crippen LogP contribution >= 0.6 is 0 Å². The topological polar surface area (TPSA) is 35.6 Å². The predicted octanol–water partition coefficient (Wildman–Crippen LogP) is 1.57. The summed E-state index contributed by atoms with van der Waals surface area (Å²) in [6.45, 7) is 11.7. The molecule has 0 radical (unpaired) electrons. The Labute approximate surface area is 123 Å². The predicted molar refractivity (Wildman–Crippen MR) is 82.7 cm³/mol. The largest absolute Gasteiger partial charge is 0.355 e. The lowest BCUT2D eigenvalue weighted by Gasteiger charge is -2.32. The van der Waals surface area contributed by atoms with Gasteiger partial charge in [-0.3, -0.25) is 9.69 Å². The lowest BCUT2D eigenvalue weighted by Crippen LogP contribution is -2.44. The van der Waals surface area contributed by atoms with Gasteiger partial charge in [0, 0.05) is 13.1 Å². The molecular formula is C16H31N3O. The number of amides is 1. The zero-order chi connectivity index (χ0) is 14.4. The van der Waals surface area contributed by atoms with E-state index in [-0.39, 0.29) is 5.91 Å². The van der Waals surface area contributed by atoms with Gasteiger partial charge in [-0.1, -0.05) is 13.8 Å². The Kier molecular flexibility index (Phi) is 6.30. The van der Waals surface area contributed by atoms with Crippen LogP contribution in [0.25, 0.3) is 0 Å². The van der Waals surface area contributed by atoms with Crippen molar-refractivity contribution in [2.45, 2.75) is 39.5 Å². The molecule has 2 heterocycles. The van der Waals surface area contributed by atoms with Crippen molar-refractivity contribution in [3.05, 3.63) is 0 Å². The van der Waals surface area contributed by atoms with Crippen molar-refractivity contribution >= 4 is 5.91 Å². The summed E-state index contributed by atoms with van der Waals surface area (Å²) < 4.78 is 0. The molecule has 0 aromatic heterocycles. The number of hydrogen-bond acceptors (Lipinski definition) is 3. The third kappa shape index (κ3) is 5.06. The number of rotatable bonds is 5. The average molecular weight is 281 g/mol. The van der Waals surface area contributed by atoms with Crippen LogP contribution in [-0.2, 0) is 4.79 Å². The molecule has 2 aliphatic rings. The fourth-order valence-electron chi connectivity index (χ4n) is 3.45.